The second-order valence-corrected chi connectivity index (χ2v) is 7.19. The van der Waals surface area contributed by atoms with Gasteiger partial charge in [-0.3, -0.25) is 4.79 Å². The first-order valence-corrected chi connectivity index (χ1v) is 9.36. The molecule has 3 aliphatic heterocycles. The number of hydrogen-bond acceptors (Lipinski definition) is 5. The molecule has 3 aliphatic rings. The molecule has 0 bridgehead atoms. The normalized spacial score (nSPS) is 28.0. The van der Waals surface area contributed by atoms with E-state index in [1.165, 1.54) is 12.8 Å². The molecule has 9 heteroatoms. The lowest BCUT2D eigenvalue weighted by molar-refractivity contribution is -0.147. The maximum Gasteiger partial charge on any atom is 0.252 e. The van der Waals surface area contributed by atoms with Crippen LogP contribution in [0.2, 0.25) is 0 Å². The highest BCUT2D eigenvalue weighted by Gasteiger charge is 2.39. The summed E-state index contributed by atoms with van der Waals surface area (Å²) in [7, 11) is 0. The maximum atomic E-state index is 13.0. The van der Waals surface area contributed by atoms with Gasteiger partial charge in [0, 0.05) is 26.1 Å². The number of likely N-dealkylation sites (tertiary alicyclic amines) is 1. The fourth-order valence-corrected chi connectivity index (χ4v) is 4.29. The third-order valence-corrected chi connectivity index (χ3v) is 5.62. The molecule has 0 aliphatic carbocycles. The quantitative estimate of drug-likeness (QED) is 0.830. The summed E-state index contributed by atoms with van der Waals surface area (Å²) in [5.41, 5.74) is 5.68. The van der Waals surface area contributed by atoms with Crippen LogP contribution in [0.3, 0.4) is 0 Å². The number of aromatic nitrogens is 3. The summed E-state index contributed by atoms with van der Waals surface area (Å²) in [6.07, 6.45) is 7.86. The Labute approximate surface area is 166 Å². The summed E-state index contributed by atoms with van der Waals surface area (Å²) >= 11 is 0. The Morgan fingerprint density at radius 2 is 1.88 bits per heavy atom. The Morgan fingerprint density at radius 3 is 2.65 bits per heavy atom. The molecule has 4 rings (SSSR count). The molecule has 2 fully saturated rings. The zero-order valence-corrected chi connectivity index (χ0v) is 16.6. The van der Waals surface area contributed by atoms with Crippen LogP contribution in [0.25, 0.3) is 0 Å². The lowest BCUT2D eigenvalue weighted by Crippen LogP contribution is -2.45. The highest BCUT2D eigenvalue weighted by atomic mass is 35.5. The van der Waals surface area contributed by atoms with Gasteiger partial charge in [0.1, 0.15) is 11.9 Å². The van der Waals surface area contributed by atoms with Crippen LogP contribution >= 0.6 is 24.8 Å². The van der Waals surface area contributed by atoms with E-state index in [1.807, 2.05) is 4.90 Å². The van der Waals surface area contributed by atoms with Gasteiger partial charge in [-0.1, -0.05) is 0 Å². The number of nitrogens with zero attached hydrogens (tertiary/aromatic N) is 4. The van der Waals surface area contributed by atoms with Crippen molar-refractivity contribution in [2.45, 2.75) is 76.2 Å². The number of halogens is 2. The van der Waals surface area contributed by atoms with E-state index in [1.54, 1.807) is 0 Å². The topological polar surface area (TPSA) is 86.3 Å². The van der Waals surface area contributed by atoms with Gasteiger partial charge in [-0.25, -0.2) is 0 Å². The summed E-state index contributed by atoms with van der Waals surface area (Å²) in [5, 5.41) is 8.85. The van der Waals surface area contributed by atoms with Gasteiger partial charge in [0.05, 0.1) is 12.1 Å². The minimum Gasteiger partial charge on any atom is -0.364 e. The van der Waals surface area contributed by atoms with Crippen LogP contribution < -0.4 is 5.73 Å². The number of nitrogens with two attached hydrogens (primary N) is 1. The van der Waals surface area contributed by atoms with Crippen molar-refractivity contribution in [1.29, 1.82) is 0 Å². The van der Waals surface area contributed by atoms with Crippen LogP contribution in [0, 0.1) is 0 Å². The standard InChI is InChI=1S/C17H27N5O2.2ClH/c18-11-12-7-8-14(24-12)17(23)21-9-3-1-5-13(21)16-20-19-15-6-2-4-10-22(15)16;;/h12-14H,1-11,18H2;2*1H/t12-,13?,14+;;/m1../s1. The number of carbonyl (C=O) groups excluding carboxylic acids is 1. The Kier molecular flexibility index (Phi) is 7.70. The van der Waals surface area contributed by atoms with Crippen molar-refractivity contribution in [3.8, 4) is 0 Å². The van der Waals surface area contributed by atoms with Crippen LogP contribution in [-0.2, 0) is 22.5 Å². The smallest absolute Gasteiger partial charge is 0.252 e. The summed E-state index contributed by atoms with van der Waals surface area (Å²) in [6.45, 7) is 2.26. The summed E-state index contributed by atoms with van der Waals surface area (Å²) in [4.78, 5) is 15.0. The van der Waals surface area contributed by atoms with Crippen molar-refractivity contribution in [3.05, 3.63) is 11.6 Å². The third kappa shape index (κ3) is 4.01. The molecule has 1 amide bonds. The third-order valence-electron chi connectivity index (χ3n) is 5.62. The largest absolute Gasteiger partial charge is 0.364 e. The average Bonchev–Trinajstić information content (AvgIpc) is 3.28. The maximum absolute atomic E-state index is 13.0. The van der Waals surface area contributed by atoms with E-state index >= 15 is 0 Å². The summed E-state index contributed by atoms with van der Waals surface area (Å²) < 4.78 is 8.09. The van der Waals surface area contributed by atoms with Crippen LogP contribution in [0.5, 0.6) is 0 Å². The van der Waals surface area contributed by atoms with Gasteiger partial charge in [0.2, 0.25) is 0 Å². The lowest BCUT2D eigenvalue weighted by atomic mass is 9.99. The van der Waals surface area contributed by atoms with Crippen molar-refractivity contribution < 1.29 is 9.53 Å². The zero-order valence-electron chi connectivity index (χ0n) is 15.0. The van der Waals surface area contributed by atoms with E-state index in [2.05, 4.69) is 14.8 Å². The predicted octanol–water partition coefficient (Wildman–Crippen LogP) is 2.02. The molecule has 1 unspecified atom stereocenters. The number of aryl methyl sites for hydroxylation is 1. The van der Waals surface area contributed by atoms with E-state index in [0.29, 0.717) is 6.54 Å². The van der Waals surface area contributed by atoms with Crippen molar-refractivity contribution in [2.75, 3.05) is 13.1 Å². The molecule has 0 spiro atoms. The fraction of sp³-hybridized carbons (Fsp3) is 0.824. The number of ether oxygens (including phenoxy) is 1. The Bertz CT molecular complexity index is 612. The highest BCUT2D eigenvalue weighted by molar-refractivity contribution is 5.85. The SMILES string of the molecule is Cl.Cl.NC[C@H]1CC[C@@H](C(=O)N2CCCCC2c2nnc3n2CCCC3)O1. The zero-order chi connectivity index (χ0) is 16.5. The first-order chi connectivity index (χ1) is 11.8. The van der Waals surface area contributed by atoms with Gasteiger partial charge in [0.25, 0.3) is 5.91 Å². The molecule has 4 heterocycles. The number of fused-ring (bicyclic) bond motifs is 1. The van der Waals surface area contributed by atoms with E-state index in [0.717, 1.165) is 63.3 Å². The molecule has 2 N–H and O–H groups in total. The van der Waals surface area contributed by atoms with Gasteiger partial charge in [-0.15, -0.1) is 35.0 Å². The molecule has 26 heavy (non-hydrogen) atoms. The number of piperidine rings is 1. The van der Waals surface area contributed by atoms with Crippen molar-refractivity contribution in [3.63, 3.8) is 0 Å². The van der Waals surface area contributed by atoms with Gasteiger partial charge in [0.15, 0.2) is 5.82 Å². The van der Waals surface area contributed by atoms with Crippen LogP contribution in [0.4, 0.5) is 0 Å². The van der Waals surface area contributed by atoms with Crippen LogP contribution in [0.1, 0.15) is 62.6 Å². The second-order valence-electron chi connectivity index (χ2n) is 7.19. The Balaban J connectivity index is 0.00000121. The summed E-state index contributed by atoms with van der Waals surface area (Å²) in [5.74, 6) is 2.17. The van der Waals surface area contributed by atoms with E-state index in [9.17, 15) is 4.79 Å². The molecular formula is C17H29Cl2N5O2. The molecule has 148 valence electrons. The van der Waals surface area contributed by atoms with Crippen molar-refractivity contribution in [1.82, 2.24) is 19.7 Å². The van der Waals surface area contributed by atoms with Crippen LogP contribution in [-0.4, -0.2) is 50.9 Å². The minimum atomic E-state index is -0.331. The number of amides is 1. The number of rotatable bonds is 3. The molecule has 1 aromatic rings. The van der Waals surface area contributed by atoms with E-state index in [-0.39, 0.29) is 49.0 Å². The van der Waals surface area contributed by atoms with Crippen molar-refractivity contribution >= 4 is 30.7 Å². The Morgan fingerprint density at radius 1 is 1.08 bits per heavy atom. The molecule has 7 nitrogen and oxygen atoms in total. The molecule has 3 atom stereocenters. The van der Waals surface area contributed by atoms with Gasteiger partial charge >= 0.3 is 0 Å². The minimum absolute atomic E-state index is 0. The average molecular weight is 406 g/mol. The highest BCUT2D eigenvalue weighted by Crippen LogP contribution is 2.33. The van der Waals surface area contributed by atoms with Gasteiger partial charge in [-0.05, 0) is 44.9 Å². The van der Waals surface area contributed by atoms with Crippen molar-refractivity contribution in [2.24, 2.45) is 5.73 Å². The number of hydrogen-bond donors (Lipinski definition) is 1. The van der Waals surface area contributed by atoms with Gasteiger partial charge in [-0.2, -0.15) is 0 Å². The number of carbonyl (C=O) groups is 1. The van der Waals surface area contributed by atoms with E-state index < -0.39 is 0 Å². The molecule has 2 saturated heterocycles. The first kappa shape index (κ1) is 21.4. The lowest BCUT2D eigenvalue weighted by Gasteiger charge is -2.37. The van der Waals surface area contributed by atoms with Crippen LogP contribution in [0.15, 0.2) is 0 Å². The molecular weight excluding hydrogens is 377 g/mol. The van der Waals surface area contributed by atoms with E-state index in [4.69, 9.17) is 10.5 Å². The predicted molar refractivity (Wildman–Crippen MR) is 103 cm³/mol. The second kappa shape index (κ2) is 9.35. The monoisotopic (exact) mass is 405 g/mol. The molecule has 1 aromatic heterocycles. The fourth-order valence-electron chi connectivity index (χ4n) is 4.29. The molecule has 0 saturated carbocycles. The molecule has 0 radical (unpaired) electrons. The summed E-state index contributed by atoms with van der Waals surface area (Å²) in [6, 6.07) is 0.0473. The first-order valence-electron chi connectivity index (χ1n) is 9.36. The van der Waals surface area contributed by atoms with Gasteiger partial charge < -0.3 is 19.9 Å². The Hall–Kier alpha value is -0.890. The molecule has 0 aromatic carbocycles.